The number of hydrogen-bond donors (Lipinski definition) is 0. The smallest absolute Gasteiger partial charge is 0.600 e. The molecule has 0 spiro atoms. The molecule has 1 aromatic heterocycles. The third kappa shape index (κ3) is 4.19. The maximum absolute atomic E-state index is 13.0. The molecule has 1 atom stereocenters. The zero-order chi connectivity index (χ0) is 18.3. The van der Waals surface area contributed by atoms with E-state index in [-0.39, 0.29) is 5.92 Å². The molecule has 1 saturated carbocycles. The number of rotatable bonds is 1. The summed E-state index contributed by atoms with van der Waals surface area (Å²) in [4.78, 5) is 0.605. The lowest BCUT2D eigenvalue weighted by atomic mass is 10.2. The highest BCUT2D eigenvalue weighted by molar-refractivity contribution is 7.86. The molecule has 1 fully saturated rings. The number of benzene rings is 1. The molecule has 11 heteroatoms. The van der Waals surface area contributed by atoms with Crippen LogP contribution in [0.5, 0.6) is 0 Å². The maximum atomic E-state index is 13.0. The predicted molar refractivity (Wildman–Crippen MR) is 75.5 cm³/mol. The fraction of sp³-hybridized carbons (Fsp3) is 0.385. The average molecular weight is 392 g/mol. The molecule has 1 aliphatic carbocycles. The molecule has 0 radical (unpaired) electrons. The van der Waals surface area contributed by atoms with Gasteiger partial charge in [0.25, 0.3) is 0 Å². The highest BCUT2D eigenvalue weighted by Crippen LogP contribution is 2.57. The molecule has 3 rings (SSSR count). The third-order valence-corrected chi connectivity index (χ3v) is 5.93. The summed E-state index contributed by atoms with van der Waals surface area (Å²) in [5.74, 6) is 0.178. The normalized spacial score (nSPS) is 16.7. The largest absolute Gasteiger partial charge is 0.741 e. The monoisotopic (exact) mass is 392 g/mol. The van der Waals surface area contributed by atoms with Gasteiger partial charge in [-0.2, -0.15) is 13.2 Å². The van der Waals surface area contributed by atoms with Crippen molar-refractivity contribution < 1.29 is 39.3 Å². The summed E-state index contributed by atoms with van der Waals surface area (Å²) in [5.41, 5.74) is -9.77. The molecule has 2 aromatic rings. The Morgan fingerprint density at radius 3 is 1.96 bits per heavy atom. The van der Waals surface area contributed by atoms with Gasteiger partial charge in [0.15, 0.2) is 19.7 Å². The second-order valence-corrected chi connectivity index (χ2v) is 8.37. The lowest BCUT2D eigenvalue weighted by molar-refractivity contribution is -0.0867. The van der Waals surface area contributed by atoms with Crippen molar-refractivity contribution >= 4 is 30.7 Å². The van der Waals surface area contributed by atoms with Crippen LogP contribution >= 0.6 is 10.5 Å². The lowest BCUT2D eigenvalue weighted by Gasteiger charge is -2.08. The van der Waals surface area contributed by atoms with Crippen LogP contribution in [0.1, 0.15) is 23.6 Å². The Bertz CT molecular complexity index is 831. The number of fused-ring (bicyclic) bond motifs is 1. The summed E-state index contributed by atoms with van der Waals surface area (Å²) < 4.78 is 98.5. The van der Waals surface area contributed by atoms with Gasteiger partial charge in [-0.1, -0.05) is 12.1 Å². The van der Waals surface area contributed by atoms with Crippen LogP contribution in [-0.2, 0) is 15.6 Å². The topological polar surface area (TPSA) is 57.2 Å². The molecule has 0 saturated heterocycles. The van der Waals surface area contributed by atoms with Crippen LogP contribution in [-0.4, -0.2) is 18.5 Å². The van der Waals surface area contributed by atoms with E-state index < -0.39 is 31.6 Å². The van der Waals surface area contributed by atoms with Crippen molar-refractivity contribution in [2.24, 2.45) is 0 Å². The molecule has 0 bridgehead atoms. The Labute approximate surface area is 135 Å². The van der Waals surface area contributed by atoms with Crippen molar-refractivity contribution in [2.75, 3.05) is 0 Å². The van der Waals surface area contributed by atoms with Gasteiger partial charge in [0, 0.05) is 17.4 Å². The predicted octanol–water partition coefficient (Wildman–Crippen LogP) is 4.99. The first-order valence-electron chi connectivity index (χ1n) is 6.46. The minimum Gasteiger partial charge on any atom is -0.741 e. The van der Waals surface area contributed by atoms with E-state index >= 15 is 0 Å². The van der Waals surface area contributed by atoms with E-state index in [4.69, 9.17) is 13.0 Å². The van der Waals surface area contributed by atoms with Crippen molar-refractivity contribution in [3.05, 3.63) is 35.2 Å². The van der Waals surface area contributed by atoms with Crippen molar-refractivity contribution in [3.63, 3.8) is 0 Å². The highest BCUT2D eigenvalue weighted by Gasteiger charge is 2.51. The van der Waals surface area contributed by atoms with Crippen LogP contribution < -0.4 is 0 Å². The number of hydrogen-bond acceptors (Lipinski definition) is 3. The third-order valence-electron chi connectivity index (χ3n) is 3.17. The molecular formula is C13H10F6O3S2. The Morgan fingerprint density at radius 2 is 1.54 bits per heavy atom. The van der Waals surface area contributed by atoms with E-state index in [2.05, 4.69) is 0 Å². The Morgan fingerprint density at radius 1 is 1.04 bits per heavy atom. The lowest BCUT2D eigenvalue weighted by Crippen LogP contribution is -2.21. The first kappa shape index (κ1) is 19.0. The molecule has 1 aliphatic rings. The van der Waals surface area contributed by atoms with E-state index in [9.17, 15) is 26.3 Å². The summed E-state index contributed by atoms with van der Waals surface area (Å²) >= 11 is 0. The number of alkyl halides is 6. The molecule has 1 unspecified atom stereocenters. The summed E-state index contributed by atoms with van der Waals surface area (Å²) in [6.45, 7) is 0. The van der Waals surface area contributed by atoms with Gasteiger partial charge in [0.1, 0.15) is 0 Å². The quantitative estimate of drug-likeness (QED) is 0.297. The van der Waals surface area contributed by atoms with E-state index in [1.54, 1.807) is 30.3 Å². The second-order valence-electron chi connectivity index (χ2n) is 5.01. The van der Waals surface area contributed by atoms with Gasteiger partial charge in [-0.15, -0.1) is 13.2 Å². The molecule has 1 aromatic carbocycles. The summed E-state index contributed by atoms with van der Waals surface area (Å²) in [7, 11) is -7.75. The van der Waals surface area contributed by atoms with E-state index in [1.165, 1.54) is 0 Å². The average Bonchev–Trinajstić information content (AvgIpc) is 3.15. The first-order chi connectivity index (χ1) is 10.8. The summed E-state index contributed by atoms with van der Waals surface area (Å²) in [5, 5.41) is 0.755. The number of thiophene rings is 1. The second kappa shape index (κ2) is 6.19. The van der Waals surface area contributed by atoms with Crippen LogP contribution in [0.4, 0.5) is 26.3 Å². The van der Waals surface area contributed by atoms with E-state index in [1.807, 2.05) is 0 Å². The minimum atomic E-state index is -6.09. The van der Waals surface area contributed by atoms with Gasteiger partial charge < -0.3 is 4.55 Å². The number of halogens is 6. The molecule has 0 amide bonds. The fourth-order valence-corrected chi connectivity index (χ4v) is 4.20. The summed E-state index contributed by atoms with van der Waals surface area (Å²) in [6, 6.07) is 8.62. The van der Waals surface area contributed by atoms with Crippen LogP contribution in [0, 0.1) is 0 Å². The van der Waals surface area contributed by atoms with E-state index in [0.717, 1.165) is 18.2 Å². The van der Waals surface area contributed by atoms with Crippen molar-refractivity contribution in [2.45, 2.75) is 29.8 Å². The maximum Gasteiger partial charge on any atom is 0.600 e. The Balaban J connectivity index is 0.000000224. The summed E-state index contributed by atoms with van der Waals surface area (Å²) in [6.07, 6.45) is 1.83. The molecular weight excluding hydrogens is 382 g/mol. The molecule has 0 N–H and O–H groups in total. The Hall–Kier alpha value is -1.33. The van der Waals surface area contributed by atoms with Crippen molar-refractivity contribution in [3.8, 4) is 0 Å². The van der Waals surface area contributed by atoms with Gasteiger partial charge in [0.05, 0.1) is 10.5 Å². The van der Waals surface area contributed by atoms with Crippen LogP contribution in [0.3, 0.4) is 0 Å². The van der Waals surface area contributed by atoms with Crippen molar-refractivity contribution in [1.82, 2.24) is 0 Å². The molecule has 3 nitrogen and oxygen atoms in total. The van der Waals surface area contributed by atoms with Gasteiger partial charge in [0.2, 0.25) is 0 Å². The highest BCUT2D eigenvalue weighted by atomic mass is 32.2. The first-order valence-corrected chi connectivity index (χ1v) is 9.09. The molecule has 24 heavy (non-hydrogen) atoms. The minimum absolute atomic E-state index is 0.178. The zero-order valence-corrected chi connectivity index (χ0v) is 13.3. The SMILES string of the molecule is FC(F)(F)[s+]1c(C2CC2)cc2ccccc21.O=S(=O)([O-])C(F)(F)F. The zero-order valence-electron chi connectivity index (χ0n) is 11.7. The van der Waals surface area contributed by atoms with Gasteiger partial charge in [-0.3, -0.25) is 0 Å². The molecule has 134 valence electrons. The fourth-order valence-electron chi connectivity index (χ4n) is 2.04. The van der Waals surface area contributed by atoms with Gasteiger partial charge >= 0.3 is 11.0 Å². The van der Waals surface area contributed by atoms with Gasteiger partial charge in [-0.25, -0.2) is 8.42 Å². The van der Waals surface area contributed by atoms with Crippen molar-refractivity contribution in [1.29, 1.82) is 0 Å². The molecule has 1 heterocycles. The standard InChI is InChI=1S/C12H10F3S.CHF3O3S/c13-12(14,15)16-10-4-2-1-3-9(10)7-11(16)8-5-6-8;2-1(3,4)8(5,6)7/h1-4,7-8H,5-6H2;(H,5,6,7)/q+1;/p-1. The van der Waals surface area contributed by atoms with Crippen LogP contribution in [0.25, 0.3) is 10.1 Å². The van der Waals surface area contributed by atoms with Gasteiger partial charge in [-0.05, 0) is 25.0 Å². The van der Waals surface area contributed by atoms with E-state index in [0.29, 0.717) is 9.58 Å². The molecule has 0 aliphatic heterocycles. The van der Waals surface area contributed by atoms with Crippen LogP contribution in [0.15, 0.2) is 30.3 Å². The van der Waals surface area contributed by atoms with Crippen LogP contribution in [0.2, 0.25) is 0 Å². The Kier molecular flexibility index (Phi) is 4.90.